The van der Waals surface area contributed by atoms with Gasteiger partial charge in [-0.05, 0) is 53.2 Å². The van der Waals surface area contributed by atoms with Crippen molar-refractivity contribution in [2.24, 2.45) is 5.92 Å². The lowest BCUT2D eigenvalue weighted by atomic mass is 9.84. The molecule has 1 aliphatic carbocycles. The summed E-state index contributed by atoms with van der Waals surface area (Å²) < 4.78 is 1.22. The number of aryl methyl sites for hydroxylation is 1. The second-order valence-corrected chi connectivity index (χ2v) is 6.01. The van der Waals surface area contributed by atoms with E-state index in [4.69, 9.17) is 0 Å². The predicted molar refractivity (Wildman–Crippen MR) is 78.5 cm³/mol. The van der Waals surface area contributed by atoms with Gasteiger partial charge < -0.3 is 5.32 Å². The Labute approximate surface area is 113 Å². The van der Waals surface area contributed by atoms with E-state index in [0.29, 0.717) is 6.04 Å². The van der Waals surface area contributed by atoms with Crippen LogP contribution >= 0.6 is 15.9 Å². The third kappa shape index (κ3) is 3.25. The van der Waals surface area contributed by atoms with E-state index in [1.54, 1.807) is 0 Å². The summed E-state index contributed by atoms with van der Waals surface area (Å²) >= 11 is 3.68. The van der Waals surface area contributed by atoms with Crippen LogP contribution in [0.25, 0.3) is 0 Å². The summed E-state index contributed by atoms with van der Waals surface area (Å²) in [6.07, 6.45) is 6.77. The van der Waals surface area contributed by atoms with Gasteiger partial charge in [0.2, 0.25) is 0 Å². The van der Waals surface area contributed by atoms with Crippen molar-refractivity contribution in [3.63, 3.8) is 0 Å². The fourth-order valence-electron chi connectivity index (χ4n) is 2.77. The first-order chi connectivity index (χ1) is 8.20. The Bertz CT molecular complexity index is 375. The topological polar surface area (TPSA) is 12.0 Å². The van der Waals surface area contributed by atoms with E-state index in [1.165, 1.54) is 47.8 Å². The van der Waals surface area contributed by atoms with Gasteiger partial charge in [-0.25, -0.2) is 0 Å². The summed E-state index contributed by atoms with van der Waals surface area (Å²) in [5.41, 5.74) is 2.56. The van der Waals surface area contributed by atoms with E-state index in [2.05, 4.69) is 53.3 Å². The molecule has 2 heteroatoms. The van der Waals surface area contributed by atoms with E-state index in [9.17, 15) is 0 Å². The number of rotatable bonds is 3. The highest BCUT2D eigenvalue weighted by atomic mass is 79.9. The minimum atomic E-state index is 0.659. The summed E-state index contributed by atoms with van der Waals surface area (Å²) in [5.74, 6) is 0.921. The van der Waals surface area contributed by atoms with Gasteiger partial charge in [0.1, 0.15) is 0 Å². The first-order valence-electron chi connectivity index (χ1n) is 6.72. The first kappa shape index (κ1) is 12.9. The molecule has 1 fully saturated rings. The maximum Gasteiger partial charge on any atom is 0.0489 e. The zero-order chi connectivity index (χ0) is 12.3. The van der Waals surface area contributed by atoms with Gasteiger partial charge in [-0.15, -0.1) is 0 Å². The monoisotopic (exact) mass is 295 g/mol. The number of hydrogen-bond acceptors (Lipinski definition) is 1. The second kappa shape index (κ2) is 5.90. The molecule has 1 N–H and O–H groups in total. The molecular weight excluding hydrogens is 274 g/mol. The molecule has 0 amide bonds. The quantitative estimate of drug-likeness (QED) is 0.814. The Morgan fingerprint density at radius 3 is 2.94 bits per heavy atom. The lowest BCUT2D eigenvalue weighted by Gasteiger charge is -2.30. The molecule has 1 saturated carbocycles. The molecular formula is C15H22BrN. The average molecular weight is 296 g/mol. The van der Waals surface area contributed by atoms with E-state index in [0.717, 1.165) is 5.92 Å². The third-order valence-electron chi connectivity index (χ3n) is 3.91. The van der Waals surface area contributed by atoms with E-state index < -0.39 is 0 Å². The molecule has 2 rings (SSSR count). The Morgan fingerprint density at radius 2 is 2.18 bits per heavy atom. The molecule has 94 valence electrons. The fourth-order valence-corrected chi connectivity index (χ4v) is 3.15. The molecule has 0 aromatic heterocycles. The lowest BCUT2D eigenvalue weighted by molar-refractivity contribution is 0.327. The fraction of sp³-hybridized carbons (Fsp3) is 0.600. The van der Waals surface area contributed by atoms with Crippen molar-refractivity contribution in [1.29, 1.82) is 0 Å². The standard InChI is InChI=1S/C15H22BrN/c1-3-12-7-5-8-13(10-12)17-14-9-4-6-11(2)15(14)16/h4,6,9,12-13,17H,3,5,7-8,10H2,1-2H3. The summed E-state index contributed by atoms with van der Waals surface area (Å²) in [6.45, 7) is 4.46. The Morgan fingerprint density at radius 1 is 1.35 bits per heavy atom. The second-order valence-electron chi connectivity index (χ2n) is 5.22. The molecule has 0 bridgehead atoms. The van der Waals surface area contributed by atoms with Crippen LogP contribution in [0.2, 0.25) is 0 Å². The highest BCUT2D eigenvalue weighted by Crippen LogP contribution is 2.32. The SMILES string of the molecule is CCC1CCCC(Nc2cccc(C)c2Br)C1. The van der Waals surface area contributed by atoms with Gasteiger partial charge in [-0.1, -0.05) is 38.3 Å². The third-order valence-corrected chi connectivity index (χ3v) is 4.96. The van der Waals surface area contributed by atoms with Crippen LogP contribution in [0.15, 0.2) is 22.7 Å². The highest BCUT2D eigenvalue weighted by Gasteiger charge is 2.21. The van der Waals surface area contributed by atoms with Crippen molar-refractivity contribution in [3.05, 3.63) is 28.2 Å². The molecule has 0 heterocycles. The van der Waals surface area contributed by atoms with Gasteiger partial charge in [0.25, 0.3) is 0 Å². The molecule has 0 aliphatic heterocycles. The van der Waals surface area contributed by atoms with Crippen molar-refractivity contribution in [1.82, 2.24) is 0 Å². The minimum Gasteiger partial charge on any atom is -0.381 e. The number of benzene rings is 1. The maximum atomic E-state index is 3.71. The van der Waals surface area contributed by atoms with Crippen LogP contribution in [0.5, 0.6) is 0 Å². The highest BCUT2D eigenvalue weighted by molar-refractivity contribution is 9.10. The van der Waals surface area contributed by atoms with Crippen molar-refractivity contribution in [2.75, 3.05) is 5.32 Å². The molecule has 1 aromatic rings. The molecule has 17 heavy (non-hydrogen) atoms. The van der Waals surface area contributed by atoms with Crippen LogP contribution in [-0.4, -0.2) is 6.04 Å². The zero-order valence-electron chi connectivity index (χ0n) is 10.8. The molecule has 1 nitrogen and oxygen atoms in total. The van der Waals surface area contributed by atoms with Crippen LogP contribution in [0, 0.1) is 12.8 Å². The summed E-state index contributed by atoms with van der Waals surface area (Å²) in [4.78, 5) is 0. The van der Waals surface area contributed by atoms with Crippen molar-refractivity contribution < 1.29 is 0 Å². The molecule has 2 unspecified atom stereocenters. The Balaban J connectivity index is 2.02. The Kier molecular flexibility index (Phi) is 4.49. The van der Waals surface area contributed by atoms with Crippen LogP contribution < -0.4 is 5.32 Å². The normalized spacial score (nSPS) is 24.6. The zero-order valence-corrected chi connectivity index (χ0v) is 12.4. The molecule has 0 saturated heterocycles. The maximum absolute atomic E-state index is 3.71. The van der Waals surface area contributed by atoms with Crippen molar-refractivity contribution in [3.8, 4) is 0 Å². The van der Waals surface area contributed by atoms with E-state index in [1.807, 2.05) is 0 Å². The smallest absolute Gasteiger partial charge is 0.0489 e. The lowest BCUT2D eigenvalue weighted by Crippen LogP contribution is -2.27. The predicted octanol–water partition coefficient (Wildman–Crippen LogP) is 5.14. The molecule has 1 aliphatic rings. The molecule has 2 atom stereocenters. The summed E-state index contributed by atoms with van der Waals surface area (Å²) in [7, 11) is 0. The van der Waals surface area contributed by atoms with Crippen LogP contribution in [0.1, 0.15) is 44.6 Å². The van der Waals surface area contributed by atoms with Gasteiger partial charge in [-0.3, -0.25) is 0 Å². The van der Waals surface area contributed by atoms with Gasteiger partial charge in [-0.2, -0.15) is 0 Å². The average Bonchev–Trinajstić information content (AvgIpc) is 2.35. The van der Waals surface area contributed by atoms with E-state index >= 15 is 0 Å². The van der Waals surface area contributed by atoms with Gasteiger partial charge in [0.15, 0.2) is 0 Å². The molecule has 1 aromatic carbocycles. The van der Waals surface area contributed by atoms with Crippen LogP contribution in [0.4, 0.5) is 5.69 Å². The number of halogens is 1. The van der Waals surface area contributed by atoms with Gasteiger partial charge in [0, 0.05) is 16.2 Å². The van der Waals surface area contributed by atoms with Crippen molar-refractivity contribution in [2.45, 2.75) is 52.0 Å². The summed E-state index contributed by atoms with van der Waals surface area (Å²) in [5, 5.41) is 3.71. The summed E-state index contributed by atoms with van der Waals surface area (Å²) in [6, 6.07) is 7.10. The van der Waals surface area contributed by atoms with Crippen molar-refractivity contribution >= 4 is 21.6 Å². The number of nitrogens with one attached hydrogen (secondary N) is 1. The number of anilines is 1. The first-order valence-corrected chi connectivity index (χ1v) is 7.51. The Hall–Kier alpha value is -0.500. The molecule has 0 spiro atoms. The van der Waals surface area contributed by atoms with Gasteiger partial charge in [0.05, 0.1) is 0 Å². The van der Waals surface area contributed by atoms with Gasteiger partial charge >= 0.3 is 0 Å². The molecule has 0 radical (unpaired) electrons. The van der Waals surface area contributed by atoms with E-state index in [-0.39, 0.29) is 0 Å². The largest absolute Gasteiger partial charge is 0.381 e. The van der Waals surface area contributed by atoms with Crippen LogP contribution in [0.3, 0.4) is 0 Å². The number of hydrogen-bond donors (Lipinski definition) is 1. The minimum absolute atomic E-state index is 0.659. The van der Waals surface area contributed by atoms with Crippen LogP contribution in [-0.2, 0) is 0 Å².